The van der Waals surface area contributed by atoms with Crippen LogP contribution in [-0.2, 0) is 14.8 Å². The first kappa shape index (κ1) is 26.3. The topological polar surface area (TPSA) is 137 Å². The number of amides is 1. The summed E-state index contributed by atoms with van der Waals surface area (Å²) < 4.78 is 44.1. The lowest BCUT2D eigenvalue weighted by molar-refractivity contribution is -0.384. The van der Waals surface area contributed by atoms with Gasteiger partial charge in [-0.05, 0) is 37.3 Å². The standard InChI is InChI=1S/C24H25N3O8S/c1-16-5-9-19(10-6-16)36(31,32)26(21-14-18(33-2)8-12-23(21)35-4)15-24(28)25-20-13-17(27(29)30)7-11-22(20)34-3/h5-14H,15H2,1-4H3,(H,25,28). The maximum atomic E-state index is 13.7. The molecule has 1 amide bonds. The third kappa shape index (κ3) is 5.66. The van der Waals surface area contributed by atoms with Gasteiger partial charge in [0, 0.05) is 18.2 Å². The Morgan fingerprint density at radius 1 is 0.944 bits per heavy atom. The number of rotatable bonds is 10. The minimum Gasteiger partial charge on any atom is -0.497 e. The van der Waals surface area contributed by atoms with Crippen LogP contribution in [0.3, 0.4) is 0 Å². The van der Waals surface area contributed by atoms with E-state index in [4.69, 9.17) is 14.2 Å². The minimum atomic E-state index is -4.26. The van der Waals surface area contributed by atoms with Crippen molar-refractivity contribution in [1.29, 1.82) is 0 Å². The van der Waals surface area contributed by atoms with Crippen LogP contribution in [-0.4, -0.2) is 47.1 Å². The Bertz CT molecular complexity index is 1370. The lowest BCUT2D eigenvalue weighted by Gasteiger charge is -2.26. The van der Waals surface area contributed by atoms with Crippen LogP contribution in [0.25, 0.3) is 0 Å². The largest absolute Gasteiger partial charge is 0.497 e. The van der Waals surface area contributed by atoms with Crippen LogP contribution in [0.5, 0.6) is 17.2 Å². The van der Waals surface area contributed by atoms with Crippen molar-refractivity contribution in [2.24, 2.45) is 0 Å². The number of hydrogen-bond acceptors (Lipinski definition) is 8. The Labute approximate surface area is 208 Å². The van der Waals surface area contributed by atoms with Crippen molar-refractivity contribution >= 4 is 33.0 Å². The molecule has 0 unspecified atom stereocenters. The molecule has 36 heavy (non-hydrogen) atoms. The molecule has 3 aromatic carbocycles. The van der Waals surface area contributed by atoms with Crippen molar-refractivity contribution in [2.45, 2.75) is 11.8 Å². The molecule has 0 saturated carbocycles. The number of benzene rings is 3. The van der Waals surface area contributed by atoms with E-state index in [-0.39, 0.29) is 33.5 Å². The van der Waals surface area contributed by atoms with E-state index in [1.807, 2.05) is 6.92 Å². The van der Waals surface area contributed by atoms with Gasteiger partial charge < -0.3 is 19.5 Å². The Morgan fingerprint density at radius 3 is 2.17 bits per heavy atom. The highest BCUT2D eigenvalue weighted by atomic mass is 32.2. The van der Waals surface area contributed by atoms with E-state index in [2.05, 4.69) is 5.32 Å². The van der Waals surface area contributed by atoms with Gasteiger partial charge in [0.05, 0.1) is 42.5 Å². The van der Waals surface area contributed by atoms with Gasteiger partial charge in [0.2, 0.25) is 5.91 Å². The van der Waals surface area contributed by atoms with E-state index in [0.717, 1.165) is 15.9 Å². The van der Waals surface area contributed by atoms with E-state index in [0.29, 0.717) is 5.75 Å². The second kappa shape index (κ2) is 11.0. The first-order valence-electron chi connectivity index (χ1n) is 10.5. The molecule has 0 aromatic heterocycles. The lowest BCUT2D eigenvalue weighted by atomic mass is 10.2. The molecule has 0 atom stereocenters. The van der Waals surface area contributed by atoms with Gasteiger partial charge in [-0.1, -0.05) is 17.7 Å². The number of aryl methyl sites for hydroxylation is 1. The highest BCUT2D eigenvalue weighted by molar-refractivity contribution is 7.92. The number of nitro benzene ring substituents is 1. The predicted molar refractivity (Wildman–Crippen MR) is 134 cm³/mol. The van der Waals surface area contributed by atoms with E-state index in [1.54, 1.807) is 18.2 Å². The molecule has 0 saturated heterocycles. The van der Waals surface area contributed by atoms with Gasteiger partial charge in [-0.2, -0.15) is 0 Å². The molecule has 0 fully saturated rings. The van der Waals surface area contributed by atoms with E-state index in [1.165, 1.54) is 57.7 Å². The summed E-state index contributed by atoms with van der Waals surface area (Å²) in [5.41, 5.74) is 0.667. The molecule has 0 heterocycles. The molecule has 1 N–H and O–H groups in total. The molecular formula is C24H25N3O8S. The van der Waals surface area contributed by atoms with Crippen LogP contribution in [0, 0.1) is 17.0 Å². The number of anilines is 2. The Hall–Kier alpha value is -4.32. The van der Waals surface area contributed by atoms with Crippen LogP contribution in [0.15, 0.2) is 65.6 Å². The molecule has 190 valence electrons. The fourth-order valence-corrected chi connectivity index (χ4v) is 4.78. The quantitative estimate of drug-likeness (QED) is 0.318. The summed E-state index contributed by atoms with van der Waals surface area (Å²) in [6.07, 6.45) is 0. The summed E-state index contributed by atoms with van der Waals surface area (Å²) in [4.78, 5) is 23.6. The zero-order chi connectivity index (χ0) is 26.5. The van der Waals surface area contributed by atoms with Gasteiger partial charge in [0.15, 0.2) is 0 Å². The first-order valence-corrected chi connectivity index (χ1v) is 12.0. The van der Waals surface area contributed by atoms with Crippen molar-refractivity contribution in [3.05, 3.63) is 76.3 Å². The summed E-state index contributed by atoms with van der Waals surface area (Å²) in [6, 6.07) is 14.4. The maximum Gasteiger partial charge on any atom is 0.271 e. The molecule has 0 aliphatic rings. The SMILES string of the molecule is COc1ccc(OC)c(N(CC(=O)Nc2cc([N+](=O)[O-])ccc2OC)S(=O)(=O)c2ccc(C)cc2)c1. The maximum absolute atomic E-state index is 13.7. The number of carbonyl (C=O) groups excluding carboxylic acids is 1. The lowest BCUT2D eigenvalue weighted by Crippen LogP contribution is -2.38. The van der Waals surface area contributed by atoms with Crippen LogP contribution < -0.4 is 23.8 Å². The first-order chi connectivity index (χ1) is 17.1. The summed E-state index contributed by atoms with van der Waals surface area (Å²) in [5, 5.41) is 13.7. The average Bonchev–Trinajstić information content (AvgIpc) is 2.87. The van der Waals surface area contributed by atoms with Gasteiger partial charge in [-0.3, -0.25) is 19.2 Å². The zero-order valence-corrected chi connectivity index (χ0v) is 20.9. The van der Waals surface area contributed by atoms with Crippen LogP contribution in [0.2, 0.25) is 0 Å². The number of nitro groups is 1. The van der Waals surface area contributed by atoms with Crippen LogP contribution >= 0.6 is 0 Å². The van der Waals surface area contributed by atoms with Crippen molar-refractivity contribution in [1.82, 2.24) is 0 Å². The second-order valence-corrected chi connectivity index (χ2v) is 9.41. The Kier molecular flexibility index (Phi) is 8.00. The highest BCUT2D eigenvalue weighted by Gasteiger charge is 2.30. The van der Waals surface area contributed by atoms with Gasteiger partial charge in [-0.15, -0.1) is 0 Å². The van der Waals surface area contributed by atoms with Crippen molar-refractivity contribution in [3.8, 4) is 17.2 Å². The molecule has 0 spiro atoms. The van der Waals surface area contributed by atoms with Crippen molar-refractivity contribution in [3.63, 3.8) is 0 Å². The molecule has 0 aliphatic heterocycles. The van der Waals surface area contributed by atoms with E-state index in [9.17, 15) is 23.3 Å². The fraction of sp³-hybridized carbons (Fsp3) is 0.208. The van der Waals surface area contributed by atoms with Crippen LogP contribution in [0.4, 0.5) is 17.1 Å². The van der Waals surface area contributed by atoms with Crippen molar-refractivity contribution in [2.75, 3.05) is 37.5 Å². The summed E-state index contributed by atoms with van der Waals surface area (Å²) in [5.74, 6) is -0.0712. The van der Waals surface area contributed by atoms with Crippen molar-refractivity contribution < 1.29 is 32.3 Å². The number of carbonyl (C=O) groups is 1. The number of ether oxygens (including phenoxy) is 3. The normalized spacial score (nSPS) is 10.9. The second-order valence-electron chi connectivity index (χ2n) is 7.55. The van der Waals surface area contributed by atoms with E-state index >= 15 is 0 Å². The van der Waals surface area contributed by atoms with Gasteiger partial charge in [0.1, 0.15) is 23.8 Å². The molecule has 0 bridgehead atoms. The highest BCUT2D eigenvalue weighted by Crippen LogP contribution is 2.36. The average molecular weight is 516 g/mol. The van der Waals surface area contributed by atoms with Gasteiger partial charge in [0.25, 0.3) is 15.7 Å². The molecule has 12 heteroatoms. The predicted octanol–water partition coefficient (Wildman–Crippen LogP) is 3.76. The molecule has 11 nitrogen and oxygen atoms in total. The third-order valence-electron chi connectivity index (χ3n) is 5.22. The summed E-state index contributed by atoms with van der Waals surface area (Å²) in [6.45, 7) is 1.14. The number of methoxy groups -OCH3 is 3. The van der Waals surface area contributed by atoms with Gasteiger partial charge in [-0.25, -0.2) is 8.42 Å². The van der Waals surface area contributed by atoms with E-state index < -0.39 is 27.4 Å². The Balaban J connectivity index is 2.07. The third-order valence-corrected chi connectivity index (χ3v) is 6.99. The molecular weight excluding hydrogens is 490 g/mol. The number of nitrogens with zero attached hydrogens (tertiary/aromatic N) is 2. The number of non-ortho nitro benzene ring substituents is 1. The minimum absolute atomic E-state index is 0.0157. The number of nitrogens with one attached hydrogen (secondary N) is 1. The summed E-state index contributed by atoms with van der Waals surface area (Å²) >= 11 is 0. The molecule has 3 aromatic rings. The molecule has 0 radical (unpaired) electrons. The molecule has 3 rings (SSSR count). The Morgan fingerprint density at radius 2 is 1.58 bits per heavy atom. The number of hydrogen-bond donors (Lipinski definition) is 1. The fourth-order valence-electron chi connectivity index (χ4n) is 3.36. The monoisotopic (exact) mass is 515 g/mol. The zero-order valence-electron chi connectivity index (χ0n) is 20.0. The smallest absolute Gasteiger partial charge is 0.271 e. The molecule has 0 aliphatic carbocycles. The summed E-state index contributed by atoms with van der Waals surface area (Å²) in [7, 11) is -0.123. The van der Waals surface area contributed by atoms with Gasteiger partial charge >= 0.3 is 0 Å². The number of sulfonamides is 1. The van der Waals surface area contributed by atoms with Crippen LogP contribution in [0.1, 0.15) is 5.56 Å².